The molecule has 0 fully saturated rings. The predicted molar refractivity (Wildman–Crippen MR) is 147 cm³/mol. The lowest BCUT2D eigenvalue weighted by Crippen LogP contribution is -2.47. The highest BCUT2D eigenvalue weighted by molar-refractivity contribution is 6.30. The van der Waals surface area contributed by atoms with Gasteiger partial charge in [-0.2, -0.15) is 5.10 Å². The van der Waals surface area contributed by atoms with E-state index >= 15 is 0 Å². The lowest BCUT2D eigenvalue weighted by Gasteiger charge is -2.31. The van der Waals surface area contributed by atoms with Crippen molar-refractivity contribution in [2.24, 2.45) is 0 Å². The highest BCUT2D eigenvalue weighted by atomic mass is 35.5. The summed E-state index contributed by atoms with van der Waals surface area (Å²) < 4.78 is 7.14. The molecule has 0 saturated heterocycles. The minimum Gasteiger partial charge on any atom is -0.444 e. The molecule has 0 radical (unpaired) electrons. The molecule has 4 aromatic rings. The molecule has 1 atom stereocenters. The minimum atomic E-state index is -0.605. The van der Waals surface area contributed by atoms with Crippen LogP contribution in [-0.4, -0.2) is 61.2 Å². The zero-order valence-electron chi connectivity index (χ0n) is 22.1. The van der Waals surface area contributed by atoms with Crippen molar-refractivity contribution in [2.45, 2.75) is 46.3 Å². The van der Waals surface area contributed by atoms with Gasteiger partial charge in [0, 0.05) is 36.5 Å². The molecule has 38 heavy (non-hydrogen) atoms. The van der Waals surface area contributed by atoms with Gasteiger partial charge in [-0.25, -0.2) is 19.3 Å². The summed E-state index contributed by atoms with van der Waals surface area (Å²) in [5.74, 6) is -0.336. The van der Waals surface area contributed by atoms with Crippen LogP contribution in [0.2, 0.25) is 5.15 Å². The van der Waals surface area contributed by atoms with Gasteiger partial charge in [0.25, 0.3) is 5.91 Å². The highest BCUT2D eigenvalue weighted by Crippen LogP contribution is 2.26. The molecule has 3 aromatic heterocycles. The van der Waals surface area contributed by atoms with Crippen molar-refractivity contribution < 1.29 is 14.3 Å². The second-order valence-electron chi connectivity index (χ2n) is 9.89. The molecular formula is C28H31ClN6O3. The van der Waals surface area contributed by atoms with Crippen LogP contribution in [0.3, 0.4) is 0 Å². The highest BCUT2D eigenvalue weighted by Gasteiger charge is 2.25. The van der Waals surface area contributed by atoms with Crippen molar-refractivity contribution in [2.75, 3.05) is 13.1 Å². The SMILES string of the molecule is CCN(C(=O)OC(C)(C)C)[C@H](C)CNC(=O)c1cc(Cl)nc(-c2cnn3ccc(-c4ccccc4)nc23)c1. The molecule has 0 aliphatic rings. The van der Waals surface area contributed by atoms with Gasteiger partial charge in [0.05, 0.1) is 23.1 Å². The molecule has 0 saturated carbocycles. The Labute approximate surface area is 226 Å². The van der Waals surface area contributed by atoms with E-state index in [9.17, 15) is 9.59 Å². The van der Waals surface area contributed by atoms with E-state index in [-0.39, 0.29) is 23.6 Å². The molecule has 198 valence electrons. The standard InChI is InChI=1S/C28H31ClN6O3/c1-6-34(27(37)38-28(3,4)5)18(2)16-30-26(36)20-14-23(32-24(29)15-20)21-17-31-35-13-12-22(33-25(21)35)19-10-8-7-9-11-19/h7-15,17-18H,6,16H2,1-5H3,(H,30,36)/t18-/m1/s1. The van der Waals surface area contributed by atoms with E-state index in [0.717, 1.165) is 11.3 Å². The third-order valence-electron chi connectivity index (χ3n) is 5.83. The molecule has 1 N–H and O–H groups in total. The fourth-order valence-electron chi connectivity index (χ4n) is 3.98. The largest absolute Gasteiger partial charge is 0.444 e. The molecule has 0 bridgehead atoms. The van der Waals surface area contributed by atoms with E-state index in [2.05, 4.69) is 15.4 Å². The van der Waals surface area contributed by atoms with E-state index in [1.54, 1.807) is 21.7 Å². The zero-order chi connectivity index (χ0) is 27.4. The van der Waals surface area contributed by atoms with Gasteiger partial charge in [-0.1, -0.05) is 41.9 Å². The summed E-state index contributed by atoms with van der Waals surface area (Å²) in [5, 5.41) is 7.44. The minimum absolute atomic E-state index is 0.170. The Balaban J connectivity index is 1.54. The average molecular weight is 535 g/mol. The summed E-state index contributed by atoms with van der Waals surface area (Å²) in [6.45, 7) is 9.86. The van der Waals surface area contributed by atoms with Crippen molar-refractivity contribution in [1.29, 1.82) is 0 Å². The third-order valence-corrected chi connectivity index (χ3v) is 6.02. The lowest BCUT2D eigenvalue weighted by molar-refractivity contribution is 0.0187. The van der Waals surface area contributed by atoms with Crippen LogP contribution in [0.15, 0.2) is 60.9 Å². The monoisotopic (exact) mass is 534 g/mol. The van der Waals surface area contributed by atoms with Gasteiger partial charge in [-0.05, 0) is 52.8 Å². The first-order valence-corrected chi connectivity index (χ1v) is 12.8. The van der Waals surface area contributed by atoms with Crippen LogP contribution in [-0.2, 0) is 4.74 Å². The number of rotatable bonds is 7. The van der Waals surface area contributed by atoms with Crippen LogP contribution < -0.4 is 5.32 Å². The third kappa shape index (κ3) is 6.28. The Morgan fingerprint density at radius 2 is 1.84 bits per heavy atom. The number of pyridine rings is 1. The predicted octanol–water partition coefficient (Wildman–Crippen LogP) is 5.49. The van der Waals surface area contributed by atoms with Gasteiger partial charge in [0.15, 0.2) is 5.65 Å². The number of fused-ring (bicyclic) bond motifs is 1. The molecule has 2 amide bonds. The Morgan fingerprint density at radius 1 is 1.11 bits per heavy atom. The number of benzene rings is 1. The molecule has 9 nitrogen and oxygen atoms in total. The number of hydrogen-bond donors (Lipinski definition) is 1. The van der Waals surface area contributed by atoms with Crippen LogP contribution in [0.5, 0.6) is 0 Å². The maximum Gasteiger partial charge on any atom is 0.410 e. The molecule has 4 rings (SSSR count). The molecule has 3 heterocycles. The molecule has 0 aliphatic carbocycles. The number of nitrogens with one attached hydrogen (secondary N) is 1. The van der Waals surface area contributed by atoms with E-state index in [0.29, 0.717) is 29.0 Å². The number of likely N-dealkylation sites (N-methyl/N-ethyl adjacent to an activating group) is 1. The molecule has 10 heteroatoms. The summed E-state index contributed by atoms with van der Waals surface area (Å²) in [5.41, 5.74) is 3.22. The van der Waals surface area contributed by atoms with Gasteiger partial charge in [0.2, 0.25) is 0 Å². The quantitative estimate of drug-likeness (QED) is 0.315. The molecule has 0 spiro atoms. The molecular weight excluding hydrogens is 504 g/mol. The number of nitrogens with zero attached hydrogens (tertiary/aromatic N) is 5. The first kappa shape index (κ1) is 27.1. The van der Waals surface area contributed by atoms with Gasteiger partial charge in [0.1, 0.15) is 10.8 Å². The first-order chi connectivity index (χ1) is 18.1. The summed E-state index contributed by atoms with van der Waals surface area (Å²) >= 11 is 6.32. The first-order valence-electron chi connectivity index (χ1n) is 12.4. The smallest absolute Gasteiger partial charge is 0.410 e. The van der Waals surface area contributed by atoms with E-state index in [1.807, 2.05) is 77.2 Å². The Bertz CT molecular complexity index is 1450. The van der Waals surface area contributed by atoms with E-state index in [1.165, 1.54) is 6.07 Å². The summed E-state index contributed by atoms with van der Waals surface area (Å²) in [6.07, 6.45) is 3.06. The fraction of sp³-hybridized carbons (Fsp3) is 0.321. The number of aromatic nitrogens is 4. The fourth-order valence-corrected chi connectivity index (χ4v) is 4.19. The molecule has 1 aromatic carbocycles. The van der Waals surface area contributed by atoms with Crippen LogP contribution in [0, 0.1) is 0 Å². The van der Waals surface area contributed by atoms with Crippen molar-refractivity contribution in [3.05, 3.63) is 71.6 Å². The molecule has 0 aliphatic heterocycles. The van der Waals surface area contributed by atoms with Crippen LogP contribution in [0.1, 0.15) is 45.0 Å². The summed E-state index contributed by atoms with van der Waals surface area (Å²) in [6, 6.07) is 14.6. The van der Waals surface area contributed by atoms with Crippen molar-refractivity contribution >= 4 is 29.2 Å². The normalized spacial score (nSPS) is 12.3. The Morgan fingerprint density at radius 3 is 2.53 bits per heavy atom. The second kappa shape index (κ2) is 11.2. The van der Waals surface area contributed by atoms with Gasteiger partial charge in [-0.15, -0.1) is 0 Å². The number of ether oxygens (including phenoxy) is 1. The molecule has 0 unspecified atom stereocenters. The van der Waals surface area contributed by atoms with Gasteiger partial charge in [-0.3, -0.25) is 4.79 Å². The second-order valence-corrected chi connectivity index (χ2v) is 10.3. The maximum absolute atomic E-state index is 13.1. The van der Waals surface area contributed by atoms with Gasteiger partial charge >= 0.3 is 6.09 Å². The Kier molecular flexibility index (Phi) is 7.97. The summed E-state index contributed by atoms with van der Waals surface area (Å²) in [4.78, 5) is 36.4. The van der Waals surface area contributed by atoms with Crippen LogP contribution in [0.25, 0.3) is 28.2 Å². The number of carbonyl (C=O) groups is 2. The topological polar surface area (TPSA) is 102 Å². The van der Waals surface area contributed by atoms with Crippen molar-refractivity contribution in [1.82, 2.24) is 29.8 Å². The van der Waals surface area contributed by atoms with Crippen molar-refractivity contribution in [3.63, 3.8) is 0 Å². The Hall–Kier alpha value is -3.98. The summed E-state index contributed by atoms with van der Waals surface area (Å²) in [7, 11) is 0. The van der Waals surface area contributed by atoms with E-state index in [4.69, 9.17) is 21.3 Å². The zero-order valence-corrected chi connectivity index (χ0v) is 22.9. The van der Waals surface area contributed by atoms with Crippen LogP contribution in [0.4, 0.5) is 4.79 Å². The number of hydrogen-bond acceptors (Lipinski definition) is 6. The number of carbonyl (C=O) groups excluding carboxylic acids is 2. The number of amides is 2. The lowest BCUT2D eigenvalue weighted by atomic mass is 10.1. The average Bonchev–Trinajstić information content (AvgIpc) is 3.30. The number of halogens is 1. The van der Waals surface area contributed by atoms with Crippen molar-refractivity contribution in [3.8, 4) is 22.5 Å². The van der Waals surface area contributed by atoms with E-state index < -0.39 is 11.7 Å². The maximum atomic E-state index is 13.1. The van der Waals surface area contributed by atoms with Gasteiger partial charge < -0.3 is 15.0 Å². The van der Waals surface area contributed by atoms with Crippen LogP contribution >= 0.6 is 11.6 Å².